The molecule has 0 atom stereocenters. The standard InChI is InChI=1S/C12H19N/c1-9(2)11-8-10(3)6-7-12(11)13(4)5/h6-9H,1-5H3. The van der Waals surface area contributed by atoms with Gasteiger partial charge in [0.05, 0.1) is 0 Å². The lowest BCUT2D eigenvalue weighted by molar-refractivity contribution is 0.857. The van der Waals surface area contributed by atoms with E-state index in [4.69, 9.17) is 0 Å². The van der Waals surface area contributed by atoms with Crippen molar-refractivity contribution in [1.82, 2.24) is 0 Å². The second-order valence-corrected chi connectivity index (χ2v) is 4.11. The Morgan fingerprint density at radius 2 is 1.77 bits per heavy atom. The Kier molecular flexibility index (Phi) is 2.97. The zero-order valence-corrected chi connectivity index (χ0v) is 9.26. The highest BCUT2D eigenvalue weighted by molar-refractivity contribution is 5.55. The van der Waals surface area contributed by atoms with Crippen LogP contribution in [0.15, 0.2) is 18.2 Å². The van der Waals surface area contributed by atoms with E-state index < -0.39 is 0 Å². The van der Waals surface area contributed by atoms with Crippen molar-refractivity contribution in [1.29, 1.82) is 0 Å². The zero-order valence-electron chi connectivity index (χ0n) is 9.26. The summed E-state index contributed by atoms with van der Waals surface area (Å²) in [4.78, 5) is 2.18. The molecule has 0 aromatic heterocycles. The molecule has 13 heavy (non-hydrogen) atoms. The van der Waals surface area contributed by atoms with Crippen LogP contribution in [0.5, 0.6) is 0 Å². The van der Waals surface area contributed by atoms with Gasteiger partial charge in [0.15, 0.2) is 0 Å². The molecule has 1 rings (SSSR count). The summed E-state index contributed by atoms with van der Waals surface area (Å²) in [5.74, 6) is 0.595. The topological polar surface area (TPSA) is 3.24 Å². The fraction of sp³-hybridized carbons (Fsp3) is 0.500. The number of rotatable bonds is 2. The number of benzene rings is 1. The molecule has 0 spiro atoms. The molecule has 0 saturated carbocycles. The predicted octanol–water partition coefficient (Wildman–Crippen LogP) is 3.18. The van der Waals surface area contributed by atoms with Gasteiger partial charge in [-0.15, -0.1) is 0 Å². The monoisotopic (exact) mass is 177 g/mol. The van der Waals surface area contributed by atoms with Crippen LogP contribution < -0.4 is 4.90 Å². The molecule has 0 aliphatic rings. The second kappa shape index (κ2) is 3.82. The van der Waals surface area contributed by atoms with E-state index in [2.05, 4.69) is 58.0 Å². The van der Waals surface area contributed by atoms with Crippen LogP contribution in [-0.4, -0.2) is 14.1 Å². The Balaban J connectivity index is 3.19. The summed E-state index contributed by atoms with van der Waals surface area (Å²) >= 11 is 0. The van der Waals surface area contributed by atoms with E-state index in [-0.39, 0.29) is 0 Å². The van der Waals surface area contributed by atoms with Crippen molar-refractivity contribution in [2.24, 2.45) is 0 Å². The van der Waals surface area contributed by atoms with Crippen LogP contribution in [0.3, 0.4) is 0 Å². The van der Waals surface area contributed by atoms with E-state index in [0.29, 0.717) is 5.92 Å². The minimum absolute atomic E-state index is 0.595. The number of hydrogen-bond acceptors (Lipinski definition) is 1. The van der Waals surface area contributed by atoms with Gasteiger partial charge in [0.25, 0.3) is 0 Å². The Morgan fingerprint density at radius 1 is 1.15 bits per heavy atom. The number of nitrogens with zero attached hydrogens (tertiary/aromatic N) is 1. The zero-order chi connectivity index (χ0) is 10.0. The van der Waals surface area contributed by atoms with Gasteiger partial charge in [0.1, 0.15) is 0 Å². The largest absolute Gasteiger partial charge is 0.377 e. The van der Waals surface area contributed by atoms with Crippen molar-refractivity contribution >= 4 is 5.69 Å². The molecule has 0 amide bonds. The first kappa shape index (κ1) is 10.1. The van der Waals surface area contributed by atoms with Gasteiger partial charge >= 0.3 is 0 Å². The molecule has 1 heteroatoms. The smallest absolute Gasteiger partial charge is 0.0396 e. The molecule has 0 saturated heterocycles. The van der Waals surface area contributed by atoms with Crippen LogP contribution in [0.25, 0.3) is 0 Å². The van der Waals surface area contributed by atoms with Gasteiger partial charge in [-0.2, -0.15) is 0 Å². The lowest BCUT2D eigenvalue weighted by atomic mass is 9.98. The Hall–Kier alpha value is -0.980. The summed E-state index contributed by atoms with van der Waals surface area (Å²) in [6.45, 7) is 6.62. The number of anilines is 1. The normalized spacial score (nSPS) is 10.6. The molecule has 1 nitrogen and oxygen atoms in total. The molecule has 0 aliphatic heterocycles. The van der Waals surface area contributed by atoms with Crippen LogP contribution in [0.4, 0.5) is 5.69 Å². The lowest BCUT2D eigenvalue weighted by Gasteiger charge is -2.20. The molecule has 0 bridgehead atoms. The first-order chi connectivity index (χ1) is 6.02. The van der Waals surface area contributed by atoms with E-state index >= 15 is 0 Å². The Morgan fingerprint density at radius 3 is 2.23 bits per heavy atom. The van der Waals surface area contributed by atoms with Crippen LogP contribution in [-0.2, 0) is 0 Å². The molecule has 0 heterocycles. The van der Waals surface area contributed by atoms with Crippen LogP contribution >= 0.6 is 0 Å². The summed E-state index contributed by atoms with van der Waals surface area (Å²) < 4.78 is 0. The molecule has 0 radical (unpaired) electrons. The number of aryl methyl sites for hydroxylation is 1. The van der Waals surface area contributed by atoms with Gasteiger partial charge in [-0.05, 0) is 24.5 Å². The molecule has 1 aromatic rings. The highest BCUT2D eigenvalue weighted by Crippen LogP contribution is 2.26. The minimum atomic E-state index is 0.595. The lowest BCUT2D eigenvalue weighted by Crippen LogP contribution is -2.11. The summed E-state index contributed by atoms with van der Waals surface area (Å²) in [6, 6.07) is 6.64. The highest BCUT2D eigenvalue weighted by Gasteiger charge is 2.07. The third kappa shape index (κ3) is 2.24. The van der Waals surface area contributed by atoms with Gasteiger partial charge in [0, 0.05) is 19.8 Å². The number of hydrogen-bond donors (Lipinski definition) is 0. The van der Waals surface area contributed by atoms with Crippen molar-refractivity contribution in [2.45, 2.75) is 26.7 Å². The Bertz CT molecular complexity index is 287. The molecule has 0 aliphatic carbocycles. The Labute approximate surface area is 81.4 Å². The van der Waals surface area contributed by atoms with Crippen LogP contribution in [0.1, 0.15) is 30.9 Å². The van der Waals surface area contributed by atoms with Gasteiger partial charge < -0.3 is 4.90 Å². The average molecular weight is 177 g/mol. The summed E-state index contributed by atoms with van der Waals surface area (Å²) in [5, 5.41) is 0. The van der Waals surface area contributed by atoms with Crippen molar-refractivity contribution < 1.29 is 0 Å². The fourth-order valence-corrected chi connectivity index (χ4v) is 1.54. The van der Waals surface area contributed by atoms with Gasteiger partial charge in [0.2, 0.25) is 0 Å². The minimum Gasteiger partial charge on any atom is -0.377 e. The first-order valence-corrected chi connectivity index (χ1v) is 4.80. The third-order valence-electron chi connectivity index (χ3n) is 2.29. The van der Waals surface area contributed by atoms with E-state index in [0.717, 1.165) is 0 Å². The maximum Gasteiger partial charge on any atom is 0.0396 e. The predicted molar refractivity (Wildman–Crippen MR) is 59.6 cm³/mol. The SMILES string of the molecule is Cc1ccc(N(C)C)c(C(C)C)c1. The van der Waals surface area contributed by atoms with E-state index in [1.807, 2.05) is 0 Å². The summed E-state index contributed by atoms with van der Waals surface area (Å²) in [7, 11) is 4.19. The van der Waals surface area contributed by atoms with E-state index in [1.165, 1.54) is 16.8 Å². The molecule has 1 aromatic carbocycles. The van der Waals surface area contributed by atoms with Gasteiger partial charge in [-0.25, -0.2) is 0 Å². The maximum atomic E-state index is 2.28. The summed E-state index contributed by atoms with van der Waals surface area (Å²) in [5.41, 5.74) is 4.11. The fourth-order valence-electron chi connectivity index (χ4n) is 1.54. The van der Waals surface area contributed by atoms with Crippen molar-refractivity contribution in [3.05, 3.63) is 29.3 Å². The maximum absolute atomic E-state index is 2.28. The summed E-state index contributed by atoms with van der Waals surface area (Å²) in [6.07, 6.45) is 0. The molecule has 72 valence electrons. The van der Waals surface area contributed by atoms with Crippen LogP contribution in [0.2, 0.25) is 0 Å². The molecule has 0 unspecified atom stereocenters. The van der Waals surface area contributed by atoms with Crippen LogP contribution in [0, 0.1) is 6.92 Å². The van der Waals surface area contributed by atoms with Crippen molar-refractivity contribution in [3.8, 4) is 0 Å². The first-order valence-electron chi connectivity index (χ1n) is 4.80. The molecular weight excluding hydrogens is 158 g/mol. The van der Waals surface area contributed by atoms with Crippen molar-refractivity contribution in [3.63, 3.8) is 0 Å². The van der Waals surface area contributed by atoms with Gasteiger partial charge in [-0.1, -0.05) is 31.5 Å². The highest BCUT2D eigenvalue weighted by atomic mass is 15.1. The average Bonchev–Trinajstić information content (AvgIpc) is 2.03. The molecular formula is C12H19N. The van der Waals surface area contributed by atoms with E-state index in [1.54, 1.807) is 0 Å². The van der Waals surface area contributed by atoms with Gasteiger partial charge in [-0.3, -0.25) is 0 Å². The third-order valence-corrected chi connectivity index (χ3v) is 2.29. The quantitative estimate of drug-likeness (QED) is 0.670. The molecule has 0 fully saturated rings. The molecule has 0 N–H and O–H groups in total. The van der Waals surface area contributed by atoms with Crippen molar-refractivity contribution in [2.75, 3.05) is 19.0 Å². The van der Waals surface area contributed by atoms with E-state index in [9.17, 15) is 0 Å². The second-order valence-electron chi connectivity index (χ2n) is 4.11.